The Labute approximate surface area is 312 Å². The van der Waals surface area contributed by atoms with Gasteiger partial charge in [-0.1, -0.05) is 55.5 Å². The van der Waals surface area contributed by atoms with Crippen molar-refractivity contribution in [1.29, 1.82) is 0 Å². The van der Waals surface area contributed by atoms with Gasteiger partial charge in [0.15, 0.2) is 11.5 Å². The van der Waals surface area contributed by atoms with Gasteiger partial charge in [0.2, 0.25) is 0 Å². The van der Waals surface area contributed by atoms with E-state index < -0.39 is 31.4 Å². The Bertz CT molecular complexity index is 2180. The lowest BCUT2D eigenvalue weighted by Gasteiger charge is -2.35. The summed E-state index contributed by atoms with van der Waals surface area (Å²) in [5.41, 5.74) is 4.08. The molecule has 53 heavy (non-hydrogen) atoms. The molecule has 0 spiro atoms. The van der Waals surface area contributed by atoms with E-state index in [0.29, 0.717) is 31.2 Å². The van der Waals surface area contributed by atoms with E-state index >= 15 is 0 Å². The topological polar surface area (TPSA) is 171 Å². The number of rotatable bonds is 14. The van der Waals surface area contributed by atoms with Gasteiger partial charge in [-0.05, 0) is 77.2 Å². The fourth-order valence-corrected chi connectivity index (χ4v) is 7.82. The van der Waals surface area contributed by atoms with Crippen LogP contribution in [0.5, 0.6) is 5.75 Å². The number of anilines is 2. The number of hydrogen-bond donors (Lipinski definition) is 3. The number of hydrogen-bond acceptors (Lipinski definition) is 12. The van der Waals surface area contributed by atoms with E-state index in [2.05, 4.69) is 50.4 Å². The largest absolute Gasteiger partial charge is 0.508 e. The highest BCUT2D eigenvalue weighted by molar-refractivity contribution is 7.99. The second-order valence-electron chi connectivity index (χ2n) is 12.4. The van der Waals surface area contributed by atoms with E-state index in [9.17, 15) is 28.4 Å². The highest BCUT2D eigenvalue weighted by Crippen LogP contribution is 2.29. The van der Waals surface area contributed by atoms with Crippen molar-refractivity contribution in [2.75, 3.05) is 48.7 Å². The van der Waals surface area contributed by atoms with Crippen molar-refractivity contribution in [1.82, 2.24) is 19.8 Å². The molecule has 5 aromatic rings. The zero-order valence-corrected chi connectivity index (χ0v) is 30.6. The first-order valence-electron chi connectivity index (χ1n) is 17.1. The number of aromatic nitrogens is 2. The summed E-state index contributed by atoms with van der Waals surface area (Å²) in [6, 6.07) is 29.9. The monoisotopic (exact) mass is 753 g/mol. The standard InChI is InChI=1S/C38H39N7O6S2/c1-2-27-23-29(28-7-6-8-31(46)24-28)11-12-30(27)26-43-18-20-44(21-19-43)37-16-15-35(40-41-37)38(47)42-53(50,51)33-13-14-34(36(25-33)45(48)49)39-17-22-52-32-9-4-3-5-10-32/h3-16,23-25,39,46H,2,17-22,26H2,1H3,(H,42,47). The maximum Gasteiger partial charge on any atom is 0.293 e. The van der Waals surface area contributed by atoms with Crippen LogP contribution in [-0.2, 0) is 23.0 Å². The molecule has 0 aliphatic carbocycles. The van der Waals surface area contributed by atoms with Crippen molar-refractivity contribution in [2.24, 2.45) is 0 Å². The zero-order chi connectivity index (χ0) is 37.4. The number of benzene rings is 4. The van der Waals surface area contributed by atoms with Crippen molar-refractivity contribution in [3.8, 4) is 16.9 Å². The van der Waals surface area contributed by atoms with Crippen LogP contribution in [0.3, 0.4) is 0 Å². The van der Waals surface area contributed by atoms with Crippen LogP contribution in [0, 0.1) is 10.1 Å². The maximum atomic E-state index is 13.1. The number of aromatic hydroxyl groups is 1. The van der Waals surface area contributed by atoms with E-state index in [1.165, 1.54) is 29.3 Å². The molecule has 1 saturated heterocycles. The van der Waals surface area contributed by atoms with Gasteiger partial charge < -0.3 is 15.3 Å². The summed E-state index contributed by atoms with van der Waals surface area (Å²) in [6.45, 7) is 6.29. The van der Waals surface area contributed by atoms with Crippen molar-refractivity contribution in [3.05, 3.63) is 130 Å². The summed E-state index contributed by atoms with van der Waals surface area (Å²) in [4.78, 5) is 29.1. The Balaban J connectivity index is 1.02. The maximum absolute atomic E-state index is 13.1. The van der Waals surface area contributed by atoms with Gasteiger partial charge in [-0.2, -0.15) is 0 Å². The van der Waals surface area contributed by atoms with Gasteiger partial charge in [0, 0.05) is 56.0 Å². The van der Waals surface area contributed by atoms with Crippen LogP contribution < -0.4 is 14.9 Å². The van der Waals surface area contributed by atoms with E-state index in [1.54, 1.807) is 30.0 Å². The second kappa shape index (κ2) is 16.9. The van der Waals surface area contributed by atoms with E-state index in [4.69, 9.17) is 0 Å². The lowest BCUT2D eigenvalue weighted by atomic mass is 9.97. The summed E-state index contributed by atoms with van der Waals surface area (Å²) < 4.78 is 28.1. The molecule has 1 aliphatic heterocycles. The number of nitrogens with zero attached hydrogens (tertiary/aromatic N) is 5. The van der Waals surface area contributed by atoms with Crippen molar-refractivity contribution >= 4 is 44.9 Å². The van der Waals surface area contributed by atoms with Gasteiger partial charge in [0.25, 0.3) is 21.6 Å². The predicted octanol–water partition coefficient (Wildman–Crippen LogP) is 5.96. The Morgan fingerprint density at radius 1 is 0.887 bits per heavy atom. The molecule has 0 radical (unpaired) electrons. The number of aryl methyl sites for hydroxylation is 1. The van der Waals surface area contributed by atoms with Crippen molar-refractivity contribution < 1.29 is 23.2 Å². The number of thioether (sulfide) groups is 1. The average molecular weight is 754 g/mol. The number of nitro groups is 1. The van der Waals surface area contributed by atoms with Crippen molar-refractivity contribution in [2.45, 2.75) is 29.7 Å². The highest BCUT2D eigenvalue weighted by Gasteiger charge is 2.25. The normalized spacial score (nSPS) is 13.4. The third kappa shape index (κ3) is 9.49. The fourth-order valence-electron chi connectivity index (χ4n) is 6.05. The molecule has 0 saturated carbocycles. The summed E-state index contributed by atoms with van der Waals surface area (Å²) >= 11 is 1.58. The van der Waals surface area contributed by atoms with Gasteiger partial charge in [-0.3, -0.25) is 19.8 Å². The molecule has 4 aromatic carbocycles. The number of sulfonamides is 1. The molecular weight excluding hydrogens is 715 g/mol. The summed E-state index contributed by atoms with van der Waals surface area (Å²) in [5.74, 6) is 0.434. The Morgan fingerprint density at radius 3 is 2.36 bits per heavy atom. The molecule has 0 bridgehead atoms. The molecule has 3 N–H and O–H groups in total. The molecule has 0 atom stereocenters. The Morgan fingerprint density at radius 2 is 1.66 bits per heavy atom. The third-order valence-corrected chi connectivity index (χ3v) is 11.2. The van der Waals surface area contributed by atoms with E-state index in [0.717, 1.165) is 48.1 Å². The number of nitro benzene ring substituents is 1. The minimum atomic E-state index is -4.46. The molecule has 13 nitrogen and oxygen atoms in total. The molecule has 15 heteroatoms. The van der Waals surface area contributed by atoms with Gasteiger partial charge in [0.05, 0.1) is 9.82 Å². The molecule has 1 fully saturated rings. The van der Waals surface area contributed by atoms with E-state index in [1.807, 2.05) is 47.2 Å². The Kier molecular flexibility index (Phi) is 11.9. The van der Waals surface area contributed by atoms with Crippen LogP contribution in [0.1, 0.15) is 28.5 Å². The molecular formula is C38H39N7O6S2. The smallest absolute Gasteiger partial charge is 0.293 e. The number of phenolic OH excluding ortho intramolecular Hbond substituents is 1. The first kappa shape index (κ1) is 37.3. The van der Waals surface area contributed by atoms with Crippen LogP contribution in [0.15, 0.2) is 113 Å². The van der Waals surface area contributed by atoms with Crippen LogP contribution >= 0.6 is 11.8 Å². The Hall–Kier alpha value is -5.51. The first-order chi connectivity index (χ1) is 25.6. The SMILES string of the molecule is CCc1cc(-c2cccc(O)c2)ccc1CN1CCN(c2ccc(C(=O)NS(=O)(=O)c3ccc(NCCSc4ccccc4)c([N+](=O)[O-])c3)nn2)CC1. The molecule has 0 unspecified atom stereocenters. The number of nitrogens with one attached hydrogen (secondary N) is 2. The van der Waals surface area contributed by atoms with Crippen LogP contribution in [-0.4, -0.2) is 77.9 Å². The number of amides is 1. The lowest BCUT2D eigenvalue weighted by Crippen LogP contribution is -2.46. The number of phenols is 1. The van der Waals surface area contributed by atoms with Crippen LogP contribution in [0.4, 0.5) is 17.2 Å². The quantitative estimate of drug-likeness (QED) is 0.0527. The number of piperazine rings is 1. The summed E-state index contributed by atoms with van der Waals surface area (Å²) in [6.07, 6.45) is 0.887. The van der Waals surface area contributed by atoms with Gasteiger partial charge in [-0.25, -0.2) is 13.1 Å². The van der Waals surface area contributed by atoms with E-state index in [-0.39, 0.29) is 17.1 Å². The second-order valence-corrected chi connectivity index (χ2v) is 15.2. The first-order valence-corrected chi connectivity index (χ1v) is 19.6. The number of carbonyl (C=O) groups excluding carboxylic acids is 1. The zero-order valence-electron chi connectivity index (χ0n) is 29.0. The van der Waals surface area contributed by atoms with Crippen molar-refractivity contribution in [3.63, 3.8) is 0 Å². The molecule has 1 aliphatic rings. The van der Waals surface area contributed by atoms with Gasteiger partial charge >= 0.3 is 0 Å². The summed E-state index contributed by atoms with van der Waals surface area (Å²) in [5, 5.41) is 32.9. The highest BCUT2D eigenvalue weighted by atomic mass is 32.2. The molecule has 1 amide bonds. The number of carbonyl (C=O) groups is 1. The fraction of sp³-hybridized carbons (Fsp3) is 0.237. The third-order valence-electron chi connectivity index (χ3n) is 8.87. The minimum absolute atomic E-state index is 0.169. The van der Waals surface area contributed by atoms with Gasteiger partial charge in [0.1, 0.15) is 11.4 Å². The lowest BCUT2D eigenvalue weighted by molar-refractivity contribution is -0.384. The molecule has 2 heterocycles. The molecule has 6 rings (SSSR count). The molecule has 274 valence electrons. The summed E-state index contributed by atoms with van der Waals surface area (Å²) in [7, 11) is -4.46. The average Bonchev–Trinajstić information content (AvgIpc) is 3.17. The van der Waals surface area contributed by atoms with Crippen LogP contribution in [0.2, 0.25) is 0 Å². The van der Waals surface area contributed by atoms with Crippen LogP contribution in [0.25, 0.3) is 11.1 Å². The van der Waals surface area contributed by atoms with Gasteiger partial charge in [-0.15, -0.1) is 22.0 Å². The molecule has 1 aromatic heterocycles. The minimum Gasteiger partial charge on any atom is -0.508 e. The predicted molar refractivity (Wildman–Crippen MR) is 206 cm³/mol.